The highest BCUT2D eigenvalue weighted by molar-refractivity contribution is 6.15. The van der Waals surface area contributed by atoms with E-state index in [-0.39, 0.29) is 11.8 Å². The zero-order chi connectivity index (χ0) is 23.6. The first-order chi connectivity index (χ1) is 16.5. The Morgan fingerprint density at radius 3 is 2.74 bits per heavy atom. The highest BCUT2D eigenvalue weighted by atomic mass is 19.1. The number of imide groups is 1. The predicted molar refractivity (Wildman–Crippen MR) is 124 cm³/mol. The first-order valence-electron chi connectivity index (χ1n) is 11.7. The number of hydrogen-bond donors (Lipinski definition) is 3. The predicted octanol–water partition coefficient (Wildman–Crippen LogP) is 3.07. The molecule has 2 aromatic carbocycles. The molecule has 2 fully saturated rings. The molecule has 0 bridgehead atoms. The van der Waals surface area contributed by atoms with Crippen LogP contribution in [0.25, 0.3) is 10.9 Å². The molecule has 3 amide bonds. The number of aromatic amines is 1. The van der Waals surface area contributed by atoms with E-state index in [1.54, 1.807) is 0 Å². The first kappa shape index (κ1) is 21.0. The minimum atomic E-state index is -1.48. The van der Waals surface area contributed by atoms with Gasteiger partial charge < -0.3 is 10.3 Å². The molecule has 2 saturated heterocycles. The zero-order valence-electron chi connectivity index (χ0n) is 18.7. The number of halogens is 1. The SMILES string of the molecule is CCCCN1C(=O)C2C(Cc3c[nH]c4ccccc34)NC3(C(=O)Nc4ccc(F)cc43)C2C1=O. The van der Waals surface area contributed by atoms with Crippen LogP contribution in [0.15, 0.2) is 48.7 Å². The quantitative estimate of drug-likeness (QED) is 0.510. The van der Waals surface area contributed by atoms with Crippen molar-refractivity contribution >= 4 is 34.3 Å². The lowest BCUT2D eigenvalue weighted by Gasteiger charge is -2.29. The molecule has 1 aromatic heterocycles. The summed E-state index contributed by atoms with van der Waals surface area (Å²) in [4.78, 5) is 45.3. The first-order valence-corrected chi connectivity index (χ1v) is 11.7. The van der Waals surface area contributed by atoms with E-state index in [9.17, 15) is 18.8 Å². The third-order valence-corrected chi connectivity index (χ3v) is 7.62. The van der Waals surface area contributed by atoms with Crippen molar-refractivity contribution in [2.75, 3.05) is 11.9 Å². The van der Waals surface area contributed by atoms with Crippen molar-refractivity contribution in [3.63, 3.8) is 0 Å². The van der Waals surface area contributed by atoms with Gasteiger partial charge in [0.05, 0.1) is 11.8 Å². The topological polar surface area (TPSA) is 94.3 Å². The summed E-state index contributed by atoms with van der Waals surface area (Å²) in [5.41, 5.74) is 1.36. The monoisotopic (exact) mass is 460 g/mol. The summed E-state index contributed by atoms with van der Waals surface area (Å²) >= 11 is 0. The fourth-order valence-corrected chi connectivity index (χ4v) is 6.08. The van der Waals surface area contributed by atoms with Crippen molar-refractivity contribution in [3.8, 4) is 0 Å². The number of anilines is 1. The van der Waals surface area contributed by atoms with Gasteiger partial charge in [0, 0.05) is 40.9 Å². The van der Waals surface area contributed by atoms with Crippen LogP contribution in [0.5, 0.6) is 0 Å². The van der Waals surface area contributed by atoms with E-state index in [2.05, 4.69) is 15.6 Å². The number of likely N-dealkylation sites (tertiary alicyclic amines) is 1. The maximum atomic E-state index is 14.3. The van der Waals surface area contributed by atoms with Crippen molar-refractivity contribution in [3.05, 3.63) is 65.6 Å². The number of carbonyl (C=O) groups excluding carboxylic acids is 3. The number of carbonyl (C=O) groups is 3. The van der Waals surface area contributed by atoms with E-state index in [4.69, 9.17) is 0 Å². The second kappa shape index (κ2) is 7.50. The molecule has 6 rings (SSSR count). The van der Waals surface area contributed by atoms with Crippen LogP contribution in [0, 0.1) is 17.7 Å². The lowest BCUT2D eigenvalue weighted by molar-refractivity contribution is -0.142. The molecule has 0 aliphatic carbocycles. The molecule has 3 aliphatic heterocycles. The number of fused-ring (bicyclic) bond motifs is 5. The van der Waals surface area contributed by atoms with Crippen molar-refractivity contribution in [1.29, 1.82) is 0 Å². The molecule has 4 heterocycles. The van der Waals surface area contributed by atoms with Gasteiger partial charge in [-0.05, 0) is 42.7 Å². The Hall–Kier alpha value is -3.52. The van der Waals surface area contributed by atoms with Gasteiger partial charge in [0.25, 0.3) is 0 Å². The molecule has 8 heteroatoms. The normalized spacial score (nSPS) is 27.6. The van der Waals surface area contributed by atoms with Crippen LogP contribution in [0.2, 0.25) is 0 Å². The number of hydrogen-bond acceptors (Lipinski definition) is 4. The second-order valence-electron chi connectivity index (χ2n) is 9.45. The average molecular weight is 461 g/mol. The molecule has 1 spiro atoms. The highest BCUT2D eigenvalue weighted by Crippen LogP contribution is 2.53. The van der Waals surface area contributed by atoms with Crippen LogP contribution >= 0.6 is 0 Å². The third kappa shape index (κ3) is 2.75. The fourth-order valence-electron chi connectivity index (χ4n) is 6.08. The number of amides is 3. The lowest BCUT2D eigenvalue weighted by atomic mass is 9.76. The summed E-state index contributed by atoms with van der Waals surface area (Å²) in [5, 5.41) is 7.23. The van der Waals surface area contributed by atoms with Gasteiger partial charge in [-0.15, -0.1) is 0 Å². The zero-order valence-corrected chi connectivity index (χ0v) is 18.7. The molecule has 34 heavy (non-hydrogen) atoms. The summed E-state index contributed by atoms with van der Waals surface area (Å²) < 4.78 is 14.3. The van der Waals surface area contributed by atoms with Crippen molar-refractivity contribution < 1.29 is 18.8 Å². The second-order valence-corrected chi connectivity index (χ2v) is 9.45. The van der Waals surface area contributed by atoms with Gasteiger partial charge in [-0.3, -0.25) is 24.6 Å². The van der Waals surface area contributed by atoms with Gasteiger partial charge in [-0.2, -0.15) is 0 Å². The Morgan fingerprint density at radius 2 is 1.91 bits per heavy atom. The molecule has 4 unspecified atom stereocenters. The third-order valence-electron chi connectivity index (χ3n) is 7.62. The van der Waals surface area contributed by atoms with E-state index in [1.807, 2.05) is 37.4 Å². The molecule has 3 aliphatic rings. The summed E-state index contributed by atoms with van der Waals surface area (Å²) in [6.45, 7) is 2.33. The number of unbranched alkanes of at least 4 members (excludes halogenated alkanes) is 1. The number of benzene rings is 2. The minimum absolute atomic E-state index is 0.254. The molecular weight excluding hydrogens is 435 g/mol. The number of aromatic nitrogens is 1. The van der Waals surface area contributed by atoms with Gasteiger partial charge >= 0.3 is 0 Å². The molecule has 4 atom stereocenters. The van der Waals surface area contributed by atoms with Crippen LogP contribution < -0.4 is 10.6 Å². The van der Waals surface area contributed by atoms with E-state index < -0.39 is 35.1 Å². The Balaban J connectivity index is 1.47. The van der Waals surface area contributed by atoms with Gasteiger partial charge in [0.1, 0.15) is 11.4 Å². The fraction of sp³-hybridized carbons (Fsp3) is 0.346. The minimum Gasteiger partial charge on any atom is -0.361 e. The molecule has 7 nitrogen and oxygen atoms in total. The molecular formula is C26H25FN4O3. The molecule has 3 aromatic rings. The summed E-state index contributed by atoms with van der Waals surface area (Å²) in [7, 11) is 0. The smallest absolute Gasteiger partial charge is 0.250 e. The van der Waals surface area contributed by atoms with Crippen molar-refractivity contribution in [2.24, 2.45) is 11.8 Å². The molecule has 174 valence electrons. The number of H-pyrrole nitrogens is 1. The van der Waals surface area contributed by atoms with Gasteiger partial charge in [0.15, 0.2) is 0 Å². The van der Waals surface area contributed by atoms with Gasteiger partial charge in [0.2, 0.25) is 17.7 Å². The van der Waals surface area contributed by atoms with E-state index in [1.165, 1.54) is 23.1 Å². The van der Waals surface area contributed by atoms with Crippen LogP contribution in [0.1, 0.15) is 30.9 Å². The van der Waals surface area contributed by atoms with Crippen molar-refractivity contribution in [2.45, 2.75) is 37.8 Å². The highest BCUT2D eigenvalue weighted by Gasteiger charge is 2.70. The summed E-state index contributed by atoms with van der Waals surface area (Å²) in [5.74, 6) is -3.15. The number of nitrogens with zero attached hydrogens (tertiary/aromatic N) is 1. The van der Waals surface area contributed by atoms with Crippen LogP contribution in [-0.4, -0.2) is 40.2 Å². The summed E-state index contributed by atoms with van der Waals surface area (Å²) in [6.07, 6.45) is 3.89. The number of rotatable bonds is 5. The Labute approximate surface area is 195 Å². The summed E-state index contributed by atoms with van der Waals surface area (Å²) in [6, 6.07) is 11.5. The number of nitrogens with one attached hydrogen (secondary N) is 3. The van der Waals surface area contributed by atoms with Gasteiger partial charge in [-0.1, -0.05) is 31.5 Å². The Kier molecular flexibility index (Phi) is 4.64. The Morgan fingerprint density at radius 1 is 1.09 bits per heavy atom. The average Bonchev–Trinajstić information content (AvgIpc) is 3.53. The van der Waals surface area contributed by atoms with E-state index in [0.717, 1.165) is 22.9 Å². The lowest BCUT2D eigenvalue weighted by Crippen LogP contribution is -2.53. The van der Waals surface area contributed by atoms with Crippen LogP contribution in [0.3, 0.4) is 0 Å². The van der Waals surface area contributed by atoms with E-state index in [0.29, 0.717) is 30.6 Å². The number of para-hydroxylation sites is 1. The Bertz CT molecular complexity index is 1350. The largest absolute Gasteiger partial charge is 0.361 e. The van der Waals surface area contributed by atoms with Crippen molar-refractivity contribution in [1.82, 2.24) is 15.2 Å². The van der Waals surface area contributed by atoms with Gasteiger partial charge in [-0.25, -0.2) is 4.39 Å². The molecule has 3 N–H and O–H groups in total. The van der Waals surface area contributed by atoms with Crippen LogP contribution in [-0.2, 0) is 26.3 Å². The molecule has 0 radical (unpaired) electrons. The van der Waals surface area contributed by atoms with E-state index >= 15 is 0 Å². The molecule has 0 saturated carbocycles. The van der Waals surface area contributed by atoms with Crippen LogP contribution in [0.4, 0.5) is 10.1 Å². The maximum Gasteiger partial charge on any atom is 0.250 e. The maximum absolute atomic E-state index is 14.3. The standard InChI is InChI=1S/C26H25FN4O3/c1-2-3-10-31-23(32)21-20(11-14-13-28-18-7-5-4-6-16(14)18)30-26(22(21)24(31)33)17-12-15(27)8-9-19(17)29-25(26)34/h4-9,12-13,20-22,28,30H,2-3,10-11H2,1H3,(H,29,34).